The summed E-state index contributed by atoms with van der Waals surface area (Å²) in [6.45, 7) is 0. The lowest BCUT2D eigenvalue weighted by Crippen LogP contribution is -2.29. The second-order valence-corrected chi connectivity index (χ2v) is 5.73. The molecule has 4 heteroatoms. The maximum atomic E-state index is 12.2. The molecule has 0 saturated carbocycles. The Morgan fingerprint density at radius 1 is 1.00 bits per heavy atom. The molecule has 0 aliphatic heterocycles. The molecule has 0 spiro atoms. The largest absolute Gasteiger partial charge is 0.383 e. The summed E-state index contributed by atoms with van der Waals surface area (Å²) in [7, 11) is 0. The highest BCUT2D eigenvalue weighted by Gasteiger charge is 2.17. The summed E-state index contributed by atoms with van der Waals surface area (Å²) in [6, 6.07) is 20.7. The predicted molar refractivity (Wildman–Crippen MR) is 93.7 cm³/mol. The van der Waals surface area contributed by atoms with E-state index >= 15 is 0 Å². The highest BCUT2D eigenvalue weighted by molar-refractivity contribution is 6.33. The molecule has 0 bridgehead atoms. The van der Waals surface area contributed by atoms with Crippen LogP contribution in [0.5, 0.6) is 0 Å². The van der Waals surface area contributed by atoms with Gasteiger partial charge >= 0.3 is 0 Å². The van der Waals surface area contributed by atoms with Crippen LogP contribution in [0.15, 0.2) is 66.7 Å². The Balaban J connectivity index is 1.77. The minimum absolute atomic E-state index is 0.248. The van der Waals surface area contributed by atoms with Crippen molar-refractivity contribution in [1.29, 1.82) is 0 Å². The van der Waals surface area contributed by atoms with Crippen molar-refractivity contribution in [1.82, 2.24) is 0 Å². The van der Waals surface area contributed by atoms with Crippen molar-refractivity contribution in [3.8, 4) is 0 Å². The van der Waals surface area contributed by atoms with Crippen LogP contribution in [0.1, 0.15) is 5.56 Å². The summed E-state index contributed by atoms with van der Waals surface area (Å²) >= 11 is 6.01. The van der Waals surface area contributed by atoms with E-state index in [4.69, 9.17) is 11.6 Å². The van der Waals surface area contributed by atoms with Crippen LogP contribution in [0.2, 0.25) is 5.02 Å². The zero-order chi connectivity index (χ0) is 16.2. The van der Waals surface area contributed by atoms with E-state index in [2.05, 4.69) is 5.32 Å². The van der Waals surface area contributed by atoms with Crippen LogP contribution in [0, 0.1) is 0 Å². The van der Waals surface area contributed by atoms with Crippen molar-refractivity contribution in [2.45, 2.75) is 12.5 Å². The first-order chi connectivity index (χ1) is 11.1. The standard InChI is InChI=1S/C19H16ClNO2/c20-16-10-3-4-11-17(16)21-19(23)18(22)12-14-8-5-7-13-6-1-2-9-15(13)14/h1-11,18,22H,12H2,(H,21,23). The van der Waals surface area contributed by atoms with Crippen molar-refractivity contribution in [3.63, 3.8) is 0 Å². The molecule has 0 saturated heterocycles. The number of halogens is 1. The van der Waals surface area contributed by atoms with Crippen molar-refractivity contribution in [2.24, 2.45) is 0 Å². The molecular formula is C19H16ClNO2. The van der Waals surface area contributed by atoms with Crippen molar-refractivity contribution in [3.05, 3.63) is 77.3 Å². The maximum Gasteiger partial charge on any atom is 0.253 e. The number of para-hydroxylation sites is 1. The Kier molecular flexibility index (Phi) is 4.60. The summed E-state index contributed by atoms with van der Waals surface area (Å²) in [5.74, 6) is -0.467. The average Bonchev–Trinajstić information content (AvgIpc) is 2.57. The molecule has 0 fully saturated rings. The molecule has 3 aromatic rings. The van der Waals surface area contributed by atoms with Gasteiger partial charge < -0.3 is 10.4 Å². The van der Waals surface area contributed by atoms with Gasteiger partial charge in [0.1, 0.15) is 6.10 Å². The third-order valence-electron chi connectivity index (χ3n) is 3.73. The Labute approximate surface area is 139 Å². The average molecular weight is 326 g/mol. The highest BCUT2D eigenvalue weighted by Crippen LogP contribution is 2.22. The van der Waals surface area contributed by atoms with Crippen LogP contribution in [0.25, 0.3) is 10.8 Å². The molecule has 23 heavy (non-hydrogen) atoms. The number of anilines is 1. The van der Waals surface area contributed by atoms with Gasteiger partial charge in [-0.3, -0.25) is 4.79 Å². The fraction of sp³-hybridized carbons (Fsp3) is 0.105. The SMILES string of the molecule is O=C(Nc1ccccc1Cl)C(O)Cc1cccc2ccccc12. The normalized spacial score (nSPS) is 12.1. The van der Waals surface area contributed by atoms with Crippen LogP contribution in [-0.4, -0.2) is 17.1 Å². The van der Waals surface area contributed by atoms with Gasteiger partial charge in [0.25, 0.3) is 5.91 Å². The zero-order valence-electron chi connectivity index (χ0n) is 12.4. The van der Waals surface area contributed by atoms with E-state index in [9.17, 15) is 9.90 Å². The van der Waals surface area contributed by atoms with Gasteiger partial charge in [0.05, 0.1) is 10.7 Å². The molecule has 3 nitrogen and oxygen atoms in total. The van der Waals surface area contributed by atoms with Gasteiger partial charge in [0, 0.05) is 6.42 Å². The number of carbonyl (C=O) groups is 1. The van der Waals surface area contributed by atoms with Crippen LogP contribution < -0.4 is 5.32 Å². The van der Waals surface area contributed by atoms with E-state index in [1.165, 1.54) is 0 Å². The summed E-state index contributed by atoms with van der Waals surface area (Å²) in [5, 5.41) is 15.5. The molecule has 0 radical (unpaired) electrons. The second-order valence-electron chi connectivity index (χ2n) is 5.33. The van der Waals surface area contributed by atoms with Gasteiger partial charge in [-0.2, -0.15) is 0 Å². The van der Waals surface area contributed by atoms with Gasteiger partial charge in [-0.05, 0) is 28.5 Å². The summed E-state index contributed by atoms with van der Waals surface area (Å²) in [5.41, 5.74) is 1.43. The zero-order valence-corrected chi connectivity index (χ0v) is 13.1. The lowest BCUT2D eigenvalue weighted by atomic mass is 9.99. The first kappa shape index (κ1) is 15.5. The second kappa shape index (κ2) is 6.82. The number of aliphatic hydroxyl groups excluding tert-OH is 1. The fourth-order valence-electron chi connectivity index (χ4n) is 2.55. The van der Waals surface area contributed by atoms with E-state index < -0.39 is 12.0 Å². The van der Waals surface area contributed by atoms with Crippen LogP contribution in [-0.2, 0) is 11.2 Å². The number of rotatable bonds is 4. The summed E-state index contributed by atoms with van der Waals surface area (Å²) in [4.78, 5) is 12.2. The number of hydrogen-bond acceptors (Lipinski definition) is 2. The number of carbonyl (C=O) groups excluding carboxylic acids is 1. The van der Waals surface area contributed by atoms with E-state index in [1.807, 2.05) is 42.5 Å². The lowest BCUT2D eigenvalue weighted by molar-refractivity contribution is -0.123. The summed E-state index contributed by atoms with van der Waals surface area (Å²) < 4.78 is 0. The smallest absolute Gasteiger partial charge is 0.253 e. The molecule has 3 aromatic carbocycles. The molecule has 0 aliphatic carbocycles. The summed E-state index contributed by atoms with van der Waals surface area (Å²) in [6.07, 6.45) is -0.894. The highest BCUT2D eigenvalue weighted by atomic mass is 35.5. The Bertz CT molecular complexity index is 842. The van der Waals surface area contributed by atoms with Gasteiger partial charge in [0.15, 0.2) is 0 Å². The minimum Gasteiger partial charge on any atom is -0.383 e. The van der Waals surface area contributed by atoms with Gasteiger partial charge in [-0.15, -0.1) is 0 Å². The number of hydrogen-bond donors (Lipinski definition) is 2. The van der Waals surface area contributed by atoms with Crippen molar-refractivity contribution >= 4 is 34.0 Å². The van der Waals surface area contributed by atoms with E-state index in [0.717, 1.165) is 16.3 Å². The Morgan fingerprint density at radius 3 is 2.52 bits per heavy atom. The third kappa shape index (κ3) is 3.52. The lowest BCUT2D eigenvalue weighted by Gasteiger charge is -2.13. The molecule has 116 valence electrons. The third-order valence-corrected chi connectivity index (χ3v) is 4.06. The molecule has 1 unspecified atom stereocenters. The first-order valence-electron chi connectivity index (χ1n) is 7.35. The topological polar surface area (TPSA) is 49.3 Å². The first-order valence-corrected chi connectivity index (χ1v) is 7.73. The van der Waals surface area contributed by atoms with Crippen LogP contribution in [0.3, 0.4) is 0 Å². The van der Waals surface area contributed by atoms with Gasteiger partial charge in [-0.1, -0.05) is 66.2 Å². The molecule has 0 heterocycles. The fourth-order valence-corrected chi connectivity index (χ4v) is 2.73. The molecule has 3 rings (SSSR count). The quantitative estimate of drug-likeness (QED) is 0.760. The van der Waals surface area contributed by atoms with E-state index in [0.29, 0.717) is 10.7 Å². The molecule has 1 amide bonds. The molecule has 1 atom stereocenters. The van der Waals surface area contributed by atoms with Gasteiger partial charge in [-0.25, -0.2) is 0 Å². The number of aliphatic hydroxyl groups is 1. The van der Waals surface area contributed by atoms with Crippen LogP contribution >= 0.6 is 11.6 Å². The van der Waals surface area contributed by atoms with E-state index in [1.54, 1.807) is 24.3 Å². The Hall–Kier alpha value is -2.36. The molecular weight excluding hydrogens is 310 g/mol. The van der Waals surface area contributed by atoms with Crippen molar-refractivity contribution in [2.75, 3.05) is 5.32 Å². The number of benzene rings is 3. The number of fused-ring (bicyclic) bond motifs is 1. The van der Waals surface area contributed by atoms with Crippen molar-refractivity contribution < 1.29 is 9.90 Å². The van der Waals surface area contributed by atoms with Crippen LogP contribution in [0.4, 0.5) is 5.69 Å². The number of nitrogens with one attached hydrogen (secondary N) is 1. The minimum atomic E-state index is -1.14. The molecule has 0 aromatic heterocycles. The molecule has 0 aliphatic rings. The Morgan fingerprint density at radius 2 is 1.70 bits per heavy atom. The van der Waals surface area contributed by atoms with E-state index in [-0.39, 0.29) is 6.42 Å². The van der Waals surface area contributed by atoms with Gasteiger partial charge in [0.2, 0.25) is 0 Å². The predicted octanol–water partition coefficient (Wildman–Crippen LogP) is 4.04. The monoisotopic (exact) mass is 325 g/mol. The maximum absolute atomic E-state index is 12.2. The number of amides is 1. The molecule has 2 N–H and O–H groups in total.